The third-order valence-electron chi connectivity index (χ3n) is 7.07. The molecule has 0 radical (unpaired) electrons. The molecule has 1 N–H and O–H groups in total. The number of pyridine rings is 1. The van der Waals surface area contributed by atoms with E-state index in [1.807, 2.05) is 11.6 Å². The fraction of sp³-hybridized carbons (Fsp3) is 0.545. The maximum atomic E-state index is 13.5. The van der Waals surface area contributed by atoms with Crippen molar-refractivity contribution in [1.29, 1.82) is 0 Å². The van der Waals surface area contributed by atoms with Gasteiger partial charge in [0.05, 0.1) is 36.7 Å². The van der Waals surface area contributed by atoms with E-state index < -0.39 is 24.0 Å². The summed E-state index contributed by atoms with van der Waals surface area (Å²) in [5.41, 5.74) is 0.510. The van der Waals surface area contributed by atoms with Gasteiger partial charge in [-0.05, 0) is 37.3 Å². The lowest BCUT2D eigenvalue weighted by Crippen LogP contribution is -2.47. The van der Waals surface area contributed by atoms with Gasteiger partial charge in [0, 0.05) is 13.0 Å². The fourth-order valence-electron chi connectivity index (χ4n) is 5.32. The van der Waals surface area contributed by atoms with Crippen molar-refractivity contribution in [3.63, 3.8) is 0 Å². The van der Waals surface area contributed by atoms with E-state index in [0.717, 1.165) is 43.5 Å². The second-order valence-corrected chi connectivity index (χ2v) is 9.29. The number of amides is 3. The van der Waals surface area contributed by atoms with Crippen LogP contribution in [0.25, 0.3) is 0 Å². The molecule has 0 bridgehead atoms. The zero-order valence-electron chi connectivity index (χ0n) is 18.2. The van der Waals surface area contributed by atoms with Crippen molar-refractivity contribution in [3.05, 3.63) is 35.5 Å². The average molecular weight is 462 g/mol. The molecule has 2 aromatic heterocycles. The molecule has 0 unspecified atom stereocenters. The molecule has 33 heavy (non-hydrogen) atoms. The van der Waals surface area contributed by atoms with E-state index in [-0.39, 0.29) is 29.7 Å². The highest BCUT2D eigenvalue weighted by Gasteiger charge is 2.46. The number of nitrogens with zero attached hydrogens (tertiary/aromatic N) is 5. The van der Waals surface area contributed by atoms with Crippen LogP contribution >= 0.6 is 0 Å². The van der Waals surface area contributed by atoms with Crippen LogP contribution in [0.15, 0.2) is 18.3 Å². The smallest absolute Gasteiger partial charge is 0.314 e. The summed E-state index contributed by atoms with van der Waals surface area (Å²) < 4.78 is 41.3. The van der Waals surface area contributed by atoms with Gasteiger partial charge in [0.15, 0.2) is 5.82 Å². The first-order chi connectivity index (χ1) is 15.8. The van der Waals surface area contributed by atoms with Crippen LogP contribution < -0.4 is 10.2 Å². The second kappa shape index (κ2) is 8.03. The first kappa shape index (κ1) is 21.7. The van der Waals surface area contributed by atoms with Crippen LogP contribution in [-0.4, -0.2) is 44.2 Å². The summed E-state index contributed by atoms with van der Waals surface area (Å²) in [6.07, 6.45) is 3.53. The molecule has 4 heterocycles. The van der Waals surface area contributed by atoms with Gasteiger partial charge in [-0.15, -0.1) is 0 Å². The number of hydrogen-bond donors (Lipinski definition) is 1. The van der Waals surface area contributed by atoms with E-state index in [4.69, 9.17) is 0 Å². The Labute approximate surface area is 188 Å². The van der Waals surface area contributed by atoms with E-state index in [1.54, 1.807) is 16.0 Å². The second-order valence-electron chi connectivity index (χ2n) is 9.29. The number of fused-ring (bicyclic) bond motifs is 1. The summed E-state index contributed by atoms with van der Waals surface area (Å²) in [5.74, 6) is -1.20. The van der Waals surface area contributed by atoms with Gasteiger partial charge in [0.25, 0.3) is 6.43 Å². The third kappa shape index (κ3) is 3.83. The van der Waals surface area contributed by atoms with E-state index >= 15 is 0 Å². The molecule has 1 atom stereocenters. The molecule has 3 amide bonds. The quantitative estimate of drug-likeness (QED) is 0.745. The molecule has 11 heteroatoms. The summed E-state index contributed by atoms with van der Waals surface area (Å²) in [7, 11) is 0. The van der Waals surface area contributed by atoms with Crippen LogP contribution in [0, 0.1) is 11.2 Å². The van der Waals surface area contributed by atoms with Crippen LogP contribution in [0.5, 0.6) is 0 Å². The van der Waals surface area contributed by atoms with Crippen LogP contribution in [0.3, 0.4) is 0 Å². The summed E-state index contributed by atoms with van der Waals surface area (Å²) in [4.78, 5) is 32.7. The number of rotatable bonds is 3. The minimum Gasteiger partial charge on any atom is -0.314 e. The number of carbonyl (C=O) groups is 2. The third-order valence-corrected chi connectivity index (χ3v) is 7.07. The Balaban J connectivity index is 1.35. The number of urea groups is 1. The molecule has 176 valence electrons. The molecular weight excluding hydrogens is 437 g/mol. The number of aromatic nitrogens is 3. The summed E-state index contributed by atoms with van der Waals surface area (Å²) >= 11 is 0. The van der Waals surface area contributed by atoms with Crippen molar-refractivity contribution in [3.8, 4) is 0 Å². The molecule has 1 spiro atoms. The molecule has 3 aliphatic rings. The van der Waals surface area contributed by atoms with E-state index in [9.17, 15) is 22.8 Å². The highest BCUT2D eigenvalue weighted by atomic mass is 19.3. The summed E-state index contributed by atoms with van der Waals surface area (Å²) in [6, 6.07) is 1.22. The van der Waals surface area contributed by atoms with E-state index in [1.165, 1.54) is 0 Å². The van der Waals surface area contributed by atoms with Crippen molar-refractivity contribution in [2.45, 2.75) is 64.6 Å². The van der Waals surface area contributed by atoms with Crippen LogP contribution in [0.4, 0.5) is 29.5 Å². The van der Waals surface area contributed by atoms with Gasteiger partial charge in [-0.1, -0.05) is 12.8 Å². The van der Waals surface area contributed by atoms with Gasteiger partial charge < -0.3 is 9.80 Å². The molecule has 1 saturated carbocycles. The number of alkyl halides is 2. The average Bonchev–Trinajstić information content (AvgIpc) is 3.47. The Hall–Kier alpha value is -3.11. The largest absolute Gasteiger partial charge is 0.323 e. The summed E-state index contributed by atoms with van der Waals surface area (Å²) in [6.45, 7) is 3.14. The lowest BCUT2D eigenvalue weighted by molar-refractivity contribution is -0.117. The molecule has 1 saturated heterocycles. The maximum absolute atomic E-state index is 13.5. The fourth-order valence-corrected chi connectivity index (χ4v) is 5.32. The molecular formula is C22H25F3N6O2. The SMILES string of the molecule is C[C@H]1Cn2ncc(N3CC4(CCCC4)CC3=O)c2CN1C(=O)Nc1ccc(F)c(C(F)F)n1. The van der Waals surface area contributed by atoms with Crippen LogP contribution in [-0.2, 0) is 17.9 Å². The van der Waals surface area contributed by atoms with Gasteiger partial charge in [-0.2, -0.15) is 5.10 Å². The standard InChI is InChI=1S/C22H25F3N6O2/c1-13-10-31-16(15(9-26-31)30-12-22(8-18(30)32)6-2-3-7-22)11-29(13)21(33)28-17-5-4-14(23)19(27-17)20(24)25/h4-5,9,13,20H,2-3,6-8,10-12H2,1H3,(H,27,28,33)/t13-/m0/s1. The number of anilines is 2. The molecule has 5 rings (SSSR count). The van der Waals surface area contributed by atoms with Gasteiger partial charge in [0.1, 0.15) is 11.5 Å². The Morgan fingerprint density at radius 1 is 1.27 bits per heavy atom. The van der Waals surface area contributed by atoms with Crippen molar-refractivity contribution in [1.82, 2.24) is 19.7 Å². The predicted octanol–water partition coefficient (Wildman–Crippen LogP) is 4.09. The first-order valence-corrected chi connectivity index (χ1v) is 11.1. The Morgan fingerprint density at radius 3 is 2.76 bits per heavy atom. The first-order valence-electron chi connectivity index (χ1n) is 11.1. The topological polar surface area (TPSA) is 83.4 Å². The minimum atomic E-state index is -3.09. The number of halogens is 3. The van der Waals surface area contributed by atoms with Crippen molar-refractivity contribution in [2.75, 3.05) is 16.8 Å². The van der Waals surface area contributed by atoms with Crippen molar-refractivity contribution >= 4 is 23.4 Å². The minimum absolute atomic E-state index is 0.0432. The molecule has 2 fully saturated rings. The number of nitrogens with one attached hydrogen (secondary N) is 1. The van der Waals surface area contributed by atoms with E-state index in [2.05, 4.69) is 15.4 Å². The highest BCUT2D eigenvalue weighted by Crippen LogP contribution is 2.47. The normalized spacial score (nSPS) is 21.8. The van der Waals surface area contributed by atoms with Gasteiger partial charge >= 0.3 is 6.03 Å². The van der Waals surface area contributed by atoms with Gasteiger partial charge in [0.2, 0.25) is 5.91 Å². The number of hydrogen-bond acceptors (Lipinski definition) is 4. The summed E-state index contributed by atoms with van der Waals surface area (Å²) in [5, 5.41) is 6.94. The van der Waals surface area contributed by atoms with Crippen molar-refractivity contribution < 1.29 is 22.8 Å². The molecule has 1 aliphatic carbocycles. The predicted molar refractivity (Wildman–Crippen MR) is 113 cm³/mol. The van der Waals surface area contributed by atoms with Gasteiger partial charge in [-0.25, -0.2) is 22.9 Å². The van der Waals surface area contributed by atoms with Gasteiger partial charge in [-0.3, -0.25) is 14.8 Å². The van der Waals surface area contributed by atoms with Crippen LogP contribution in [0.1, 0.15) is 56.8 Å². The zero-order chi connectivity index (χ0) is 23.3. The molecule has 0 aromatic carbocycles. The highest BCUT2D eigenvalue weighted by molar-refractivity contribution is 5.97. The zero-order valence-corrected chi connectivity index (χ0v) is 18.2. The lowest BCUT2D eigenvalue weighted by atomic mass is 9.85. The van der Waals surface area contributed by atoms with E-state index in [0.29, 0.717) is 25.2 Å². The Kier molecular flexibility index (Phi) is 5.29. The maximum Gasteiger partial charge on any atom is 0.323 e. The number of carbonyl (C=O) groups excluding carboxylic acids is 2. The monoisotopic (exact) mass is 462 g/mol. The molecule has 2 aromatic rings. The molecule has 2 aliphatic heterocycles. The lowest BCUT2D eigenvalue weighted by Gasteiger charge is -2.35. The Bertz CT molecular complexity index is 1100. The molecule has 8 nitrogen and oxygen atoms in total. The van der Waals surface area contributed by atoms with Crippen LogP contribution in [0.2, 0.25) is 0 Å². The Morgan fingerprint density at radius 2 is 2.03 bits per heavy atom. The van der Waals surface area contributed by atoms with Crippen molar-refractivity contribution in [2.24, 2.45) is 5.41 Å².